The normalized spacial score (nSPS) is 10.2. The van der Waals surface area contributed by atoms with Gasteiger partial charge in [0.05, 0.1) is 0 Å². The minimum absolute atomic E-state index is 0.0884. The Morgan fingerprint density at radius 2 is 1.87 bits per heavy atom. The molecular weight excluding hydrogens is 295 g/mol. The van der Waals surface area contributed by atoms with Gasteiger partial charge >= 0.3 is 0 Å². The molecule has 120 valence electrons. The van der Waals surface area contributed by atoms with Crippen molar-refractivity contribution in [2.24, 2.45) is 0 Å². The van der Waals surface area contributed by atoms with E-state index in [1.165, 1.54) is 17.9 Å². The molecular formula is C18H19FN2O2. The van der Waals surface area contributed by atoms with Gasteiger partial charge in [0.2, 0.25) is 11.8 Å². The fourth-order valence-corrected chi connectivity index (χ4v) is 2.22. The SMILES string of the molecule is CC(=O)N(CC(=O)NCc1ccccc1F)c1cccc(C)c1. The van der Waals surface area contributed by atoms with Gasteiger partial charge in [0.25, 0.3) is 0 Å². The Kier molecular flexibility index (Phi) is 5.46. The van der Waals surface area contributed by atoms with Crippen molar-refractivity contribution < 1.29 is 14.0 Å². The lowest BCUT2D eigenvalue weighted by molar-refractivity contribution is -0.123. The van der Waals surface area contributed by atoms with Crippen LogP contribution in [0.15, 0.2) is 48.5 Å². The van der Waals surface area contributed by atoms with Crippen LogP contribution in [0.1, 0.15) is 18.1 Å². The number of hydrogen-bond donors (Lipinski definition) is 1. The highest BCUT2D eigenvalue weighted by Crippen LogP contribution is 2.16. The predicted molar refractivity (Wildman–Crippen MR) is 87.5 cm³/mol. The van der Waals surface area contributed by atoms with Gasteiger partial charge in [-0.2, -0.15) is 0 Å². The number of rotatable bonds is 5. The molecule has 0 aliphatic heterocycles. The summed E-state index contributed by atoms with van der Waals surface area (Å²) in [4.78, 5) is 25.3. The van der Waals surface area contributed by atoms with Crippen LogP contribution < -0.4 is 10.2 Å². The van der Waals surface area contributed by atoms with Crippen molar-refractivity contribution in [1.82, 2.24) is 5.32 Å². The molecule has 0 saturated carbocycles. The molecule has 2 amide bonds. The molecule has 0 saturated heterocycles. The number of halogens is 1. The van der Waals surface area contributed by atoms with Gasteiger partial charge in [-0.05, 0) is 30.7 Å². The van der Waals surface area contributed by atoms with Gasteiger partial charge in [-0.1, -0.05) is 30.3 Å². The summed E-state index contributed by atoms with van der Waals surface area (Å²) in [6.07, 6.45) is 0. The zero-order chi connectivity index (χ0) is 16.8. The van der Waals surface area contributed by atoms with Crippen LogP contribution in [0.4, 0.5) is 10.1 Å². The predicted octanol–water partition coefficient (Wildman–Crippen LogP) is 2.80. The minimum atomic E-state index is -0.366. The van der Waals surface area contributed by atoms with E-state index < -0.39 is 0 Å². The number of amides is 2. The summed E-state index contributed by atoms with van der Waals surface area (Å²) >= 11 is 0. The van der Waals surface area contributed by atoms with Crippen molar-refractivity contribution >= 4 is 17.5 Å². The third-order valence-corrected chi connectivity index (χ3v) is 3.43. The Balaban J connectivity index is 2.01. The number of aryl methyl sites for hydroxylation is 1. The maximum Gasteiger partial charge on any atom is 0.240 e. The van der Waals surface area contributed by atoms with Crippen LogP contribution >= 0.6 is 0 Å². The second-order valence-corrected chi connectivity index (χ2v) is 5.31. The lowest BCUT2D eigenvalue weighted by Crippen LogP contribution is -2.39. The Morgan fingerprint density at radius 1 is 1.13 bits per heavy atom. The van der Waals surface area contributed by atoms with E-state index in [-0.39, 0.29) is 30.7 Å². The quantitative estimate of drug-likeness (QED) is 0.922. The van der Waals surface area contributed by atoms with Gasteiger partial charge in [-0.15, -0.1) is 0 Å². The molecule has 0 radical (unpaired) electrons. The van der Waals surface area contributed by atoms with Crippen molar-refractivity contribution in [2.45, 2.75) is 20.4 Å². The lowest BCUT2D eigenvalue weighted by Gasteiger charge is -2.21. The summed E-state index contributed by atoms with van der Waals surface area (Å²) in [6.45, 7) is 3.31. The van der Waals surface area contributed by atoms with Crippen molar-refractivity contribution in [3.05, 3.63) is 65.5 Å². The molecule has 0 atom stereocenters. The first-order valence-electron chi connectivity index (χ1n) is 7.32. The number of nitrogens with zero attached hydrogens (tertiary/aromatic N) is 1. The van der Waals surface area contributed by atoms with Gasteiger partial charge in [0.15, 0.2) is 0 Å². The fourth-order valence-electron chi connectivity index (χ4n) is 2.22. The van der Waals surface area contributed by atoms with Crippen molar-refractivity contribution in [2.75, 3.05) is 11.4 Å². The molecule has 0 aromatic heterocycles. The number of hydrogen-bond acceptors (Lipinski definition) is 2. The van der Waals surface area contributed by atoms with Crippen LogP contribution in [-0.2, 0) is 16.1 Å². The highest BCUT2D eigenvalue weighted by molar-refractivity contribution is 5.97. The summed E-state index contributed by atoms with van der Waals surface area (Å²) < 4.78 is 13.5. The van der Waals surface area contributed by atoms with Crippen LogP contribution in [0, 0.1) is 12.7 Å². The van der Waals surface area contributed by atoms with Gasteiger partial charge in [0.1, 0.15) is 12.4 Å². The topological polar surface area (TPSA) is 49.4 Å². The number of nitrogens with one attached hydrogen (secondary N) is 1. The minimum Gasteiger partial charge on any atom is -0.350 e. The summed E-state index contributed by atoms with van der Waals surface area (Å²) in [6, 6.07) is 13.6. The molecule has 0 fully saturated rings. The standard InChI is InChI=1S/C18H19FN2O2/c1-13-6-5-8-16(10-13)21(14(2)22)12-18(23)20-11-15-7-3-4-9-17(15)19/h3-10H,11-12H2,1-2H3,(H,20,23). The van der Waals surface area contributed by atoms with Crippen molar-refractivity contribution in [1.29, 1.82) is 0 Å². The molecule has 0 spiro atoms. The Bertz CT molecular complexity index is 716. The third kappa shape index (κ3) is 4.64. The maximum absolute atomic E-state index is 13.5. The zero-order valence-electron chi connectivity index (χ0n) is 13.2. The van der Waals surface area contributed by atoms with Gasteiger partial charge in [-0.25, -0.2) is 4.39 Å². The van der Waals surface area contributed by atoms with Gasteiger partial charge < -0.3 is 10.2 Å². The molecule has 2 aromatic rings. The Morgan fingerprint density at radius 3 is 2.52 bits per heavy atom. The molecule has 2 rings (SSSR count). The second-order valence-electron chi connectivity index (χ2n) is 5.31. The molecule has 0 heterocycles. The highest BCUT2D eigenvalue weighted by atomic mass is 19.1. The van der Waals surface area contributed by atoms with E-state index >= 15 is 0 Å². The molecule has 4 nitrogen and oxygen atoms in total. The van der Waals surface area contributed by atoms with E-state index in [4.69, 9.17) is 0 Å². The first-order chi connectivity index (χ1) is 11.0. The van der Waals surface area contributed by atoms with Crippen LogP contribution in [0.25, 0.3) is 0 Å². The van der Waals surface area contributed by atoms with E-state index in [1.807, 2.05) is 25.1 Å². The summed E-state index contributed by atoms with van der Waals surface area (Å²) in [5, 5.41) is 2.64. The molecule has 0 bridgehead atoms. The highest BCUT2D eigenvalue weighted by Gasteiger charge is 2.16. The third-order valence-electron chi connectivity index (χ3n) is 3.43. The molecule has 0 unspecified atom stereocenters. The van der Waals surface area contributed by atoms with Crippen LogP contribution in [0.3, 0.4) is 0 Å². The summed E-state index contributed by atoms with van der Waals surface area (Å²) in [5.41, 5.74) is 2.07. The van der Waals surface area contributed by atoms with E-state index in [0.29, 0.717) is 11.3 Å². The molecule has 0 aliphatic rings. The van der Waals surface area contributed by atoms with E-state index in [0.717, 1.165) is 5.56 Å². The van der Waals surface area contributed by atoms with Gasteiger partial charge in [-0.3, -0.25) is 9.59 Å². The monoisotopic (exact) mass is 314 g/mol. The lowest BCUT2D eigenvalue weighted by atomic mass is 10.2. The fraction of sp³-hybridized carbons (Fsp3) is 0.222. The molecule has 23 heavy (non-hydrogen) atoms. The summed E-state index contributed by atoms with van der Waals surface area (Å²) in [7, 11) is 0. The van der Waals surface area contributed by atoms with Gasteiger partial charge in [0, 0.05) is 24.7 Å². The van der Waals surface area contributed by atoms with E-state index in [2.05, 4.69) is 5.32 Å². The van der Waals surface area contributed by atoms with Crippen LogP contribution in [0.2, 0.25) is 0 Å². The first-order valence-corrected chi connectivity index (χ1v) is 7.32. The second kappa shape index (κ2) is 7.54. The van der Waals surface area contributed by atoms with Crippen LogP contribution in [-0.4, -0.2) is 18.4 Å². The van der Waals surface area contributed by atoms with E-state index in [1.54, 1.807) is 24.3 Å². The number of anilines is 1. The number of carbonyl (C=O) groups is 2. The van der Waals surface area contributed by atoms with Crippen LogP contribution in [0.5, 0.6) is 0 Å². The Hall–Kier alpha value is -2.69. The average Bonchev–Trinajstić information content (AvgIpc) is 2.51. The number of benzene rings is 2. The molecule has 2 aromatic carbocycles. The van der Waals surface area contributed by atoms with E-state index in [9.17, 15) is 14.0 Å². The zero-order valence-corrected chi connectivity index (χ0v) is 13.2. The molecule has 5 heteroatoms. The number of carbonyl (C=O) groups excluding carboxylic acids is 2. The smallest absolute Gasteiger partial charge is 0.240 e. The summed E-state index contributed by atoms with van der Waals surface area (Å²) in [5.74, 6) is -0.934. The average molecular weight is 314 g/mol. The first kappa shape index (κ1) is 16.7. The maximum atomic E-state index is 13.5. The largest absolute Gasteiger partial charge is 0.350 e. The van der Waals surface area contributed by atoms with Crippen molar-refractivity contribution in [3.63, 3.8) is 0 Å². The van der Waals surface area contributed by atoms with Crippen molar-refractivity contribution in [3.8, 4) is 0 Å². The molecule has 1 N–H and O–H groups in total. The molecule has 0 aliphatic carbocycles. The Labute approximate surface area is 134 Å².